The predicted octanol–water partition coefficient (Wildman–Crippen LogP) is 2.00. The van der Waals surface area contributed by atoms with Gasteiger partial charge in [0.1, 0.15) is 0 Å². The molecule has 0 unspecified atom stereocenters. The Labute approximate surface area is 152 Å². The van der Waals surface area contributed by atoms with Crippen LogP contribution in [0.25, 0.3) is 0 Å². The minimum atomic E-state index is -0.468. The van der Waals surface area contributed by atoms with Gasteiger partial charge in [-0.15, -0.1) is 0 Å². The fourth-order valence-electron chi connectivity index (χ4n) is 2.39. The average Bonchev–Trinajstić information content (AvgIpc) is 2.59. The van der Waals surface area contributed by atoms with Crippen LogP contribution in [-0.2, 0) is 20.7 Å². The Morgan fingerprint density at radius 2 is 1.88 bits per heavy atom. The van der Waals surface area contributed by atoms with Crippen molar-refractivity contribution in [2.75, 3.05) is 12.9 Å². The van der Waals surface area contributed by atoms with Crippen LogP contribution in [0.1, 0.15) is 46.2 Å². The van der Waals surface area contributed by atoms with Crippen molar-refractivity contribution in [2.24, 2.45) is 0 Å². The Morgan fingerprint density at radius 3 is 2.40 bits per heavy atom. The van der Waals surface area contributed by atoms with E-state index in [9.17, 15) is 14.4 Å². The normalized spacial score (nSPS) is 13.2. The number of thioether (sulfide) groups is 1. The number of nitrogens with zero attached hydrogens (tertiary/aromatic N) is 2. The van der Waals surface area contributed by atoms with E-state index < -0.39 is 5.97 Å². The molecule has 0 radical (unpaired) electrons. The monoisotopic (exact) mass is 369 g/mol. The van der Waals surface area contributed by atoms with E-state index in [1.54, 1.807) is 0 Å². The zero-order chi connectivity index (χ0) is 19.0. The van der Waals surface area contributed by atoms with Gasteiger partial charge in [0.05, 0.1) is 25.0 Å². The standard InChI is InChI=1S/C17H27N3O4S/c1-6-11(3)20(12(4)7-2)15(22)10-25-17-18-13(8-14(21)19-17)9-16(23)24-5/h8,11-12H,6-7,9-10H2,1-5H3,(H,18,19,21)/t11-,12-/m1/s1. The molecule has 1 rings (SSSR count). The molecule has 0 saturated carbocycles. The summed E-state index contributed by atoms with van der Waals surface area (Å²) in [7, 11) is 1.28. The molecule has 0 aromatic carbocycles. The number of carbonyl (C=O) groups excluding carboxylic acids is 2. The Morgan fingerprint density at radius 1 is 1.28 bits per heavy atom. The molecule has 1 aromatic rings. The summed E-state index contributed by atoms with van der Waals surface area (Å²) in [6, 6.07) is 1.56. The SMILES string of the molecule is CC[C@@H](C)N(C(=O)CSc1nc(CC(=O)OC)cc(=O)[nH]1)[C@H](C)CC. The summed E-state index contributed by atoms with van der Waals surface area (Å²) in [6.45, 7) is 8.17. The number of nitrogens with one attached hydrogen (secondary N) is 1. The van der Waals surface area contributed by atoms with Crippen molar-refractivity contribution < 1.29 is 14.3 Å². The van der Waals surface area contributed by atoms with Gasteiger partial charge in [0, 0.05) is 18.2 Å². The summed E-state index contributed by atoms with van der Waals surface area (Å²) >= 11 is 1.17. The van der Waals surface area contributed by atoms with Crippen molar-refractivity contribution in [1.82, 2.24) is 14.9 Å². The maximum absolute atomic E-state index is 12.6. The lowest BCUT2D eigenvalue weighted by molar-refractivity contribution is -0.140. The minimum Gasteiger partial charge on any atom is -0.469 e. The number of H-pyrrole nitrogens is 1. The number of amides is 1. The van der Waals surface area contributed by atoms with Gasteiger partial charge in [-0.2, -0.15) is 0 Å². The van der Waals surface area contributed by atoms with Gasteiger partial charge in [-0.05, 0) is 26.7 Å². The van der Waals surface area contributed by atoms with Gasteiger partial charge in [0.2, 0.25) is 5.91 Å². The lowest BCUT2D eigenvalue weighted by atomic mass is 10.1. The van der Waals surface area contributed by atoms with Crippen LogP contribution >= 0.6 is 11.8 Å². The first-order chi connectivity index (χ1) is 11.8. The van der Waals surface area contributed by atoms with Crippen LogP contribution < -0.4 is 5.56 Å². The molecule has 0 fully saturated rings. The maximum Gasteiger partial charge on any atom is 0.311 e. The van der Waals surface area contributed by atoms with Crippen LogP contribution in [0.15, 0.2) is 16.0 Å². The fourth-order valence-corrected chi connectivity index (χ4v) is 3.15. The quantitative estimate of drug-likeness (QED) is 0.407. The van der Waals surface area contributed by atoms with Crippen molar-refractivity contribution in [3.05, 3.63) is 22.1 Å². The lowest BCUT2D eigenvalue weighted by Crippen LogP contribution is -2.45. The predicted molar refractivity (Wildman–Crippen MR) is 97.7 cm³/mol. The summed E-state index contributed by atoms with van der Waals surface area (Å²) in [6.07, 6.45) is 1.68. The molecule has 1 N–H and O–H groups in total. The van der Waals surface area contributed by atoms with E-state index in [2.05, 4.69) is 28.6 Å². The first kappa shape index (κ1) is 21.2. The van der Waals surface area contributed by atoms with E-state index in [0.717, 1.165) is 12.8 Å². The highest BCUT2D eigenvalue weighted by Crippen LogP contribution is 2.17. The largest absolute Gasteiger partial charge is 0.469 e. The molecule has 1 heterocycles. The summed E-state index contributed by atoms with van der Waals surface area (Å²) in [5, 5.41) is 0.327. The Balaban J connectivity index is 2.83. The second-order valence-corrected chi connectivity index (χ2v) is 6.86. The van der Waals surface area contributed by atoms with Crippen LogP contribution in [0, 0.1) is 0 Å². The van der Waals surface area contributed by atoms with Crippen molar-refractivity contribution >= 4 is 23.6 Å². The van der Waals surface area contributed by atoms with E-state index in [-0.39, 0.29) is 35.7 Å². The third-order valence-corrected chi connectivity index (χ3v) is 4.94. The van der Waals surface area contributed by atoms with Crippen LogP contribution in [-0.4, -0.2) is 51.7 Å². The van der Waals surface area contributed by atoms with Crippen LogP contribution in [0.2, 0.25) is 0 Å². The maximum atomic E-state index is 12.6. The van der Waals surface area contributed by atoms with Gasteiger partial charge in [0.25, 0.3) is 5.56 Å². The van der Waals surface area contributed by atoms with E-state index >= 15 is 0 Å². The minimum absolute atomic E-state index is 0.00900. The van der Waals surface area contributed by atoms with Crippen molar-refractivity contribution in [3.63, 3.8) is 0 Å². The summed E-state index contributed by atoms with van der Waals surface area (Å²) in [4.78, 5) is 44.4. The molecule has 8 heteroatoms. The van der Waals surface area contributed by atoms with Gasteiger partial charge in [-0.1, -0.05) is 25.6 Å². The number of aromatic amines is 1. The number of aromatic nitrogens is 2. The number of esters is 1. The number of methoxy groups -OCH3 is 1. The molecular weight excluding hydrogens is 342 g/mol. The lowest BCUT2D eigenvalue weighted by Gasteiger charge is -2.34. The summed E-state index contributed by atoms with van der Waals surface area (Å²) in [5.41, 5.74) is -0.0316. The van der Waals surface area contributed by atoms with Crippen LogP contribution in [0.4, 0.5) is 0 Å². The van der Waals surface area contributed by atoms with E-state index in [1.165, 1.54) is 24.9 Å². The third-order valence-electron chi connectivity index (χ3n) is 4.08. The molecule has 140 valence electrons. The molecule has 0 aliphatic carbocycles. The Kier molecular flexibility index (Phi) is 8.68. The van der Waals surface area contributed by atoms with Gasteiger partial charge in [-0.25, -0.2) is 4.98 Å². The molecule has 7 nitrogen and oxygen atoms in total. The first-order valence-corrected chi connectivity index (χ1v) is 9.41. The van der Waals surface area contributed by atoms with Crippen molar-refractivity contribution in [2.45, 2.75) is 64.2 Å². The number of hydrogen-bond acceptors (Lipinski definition) is 6. The highest BCUT2D eigenvalue weighted by atomic mass is 32.2. The van der Waals surface area contributed by atoms with Crippen molar-refractivity contribution in [1.29, 1.82) is 0 Å². The van der Waals surface area contributed by atoms with E-state index in [1.807, 2.05) is 18.7 Å². The second kappa shape index (κ2) is 10.2. The molecule has 1 amide bonds. The first-order valence-electron chi connectivity index (χ1n) is 8.43. The zero-order valence-corrected chi connectivity index (χ0v) is 16.3. The number of hydrogen-bond donors (Lipinski definition) is 1. The van der Waals surface area contributed by atoms with Gasteiger partial charge < -0.3 is 14.6 Å². The Hall–Kier alpha value is -1.83. The van der Waals surface area contributed by atoms with Crippen LogP contribution in [0.3, 0.4) is 0 Å². The highest BCUT2D eigenvalue weighted by molar-refractivity contribution is 7.99. The van der Waals surface area contributed by atoms with Crippen LogP contribution in [0.5, 0.6) is 0 Å². The van der Waals surface area contributed by atoms with Crippen molar-refractivity contribution in [3.8, 4) is 0 Å². The van der Waals surface area contributed by atoms with Gasteiger partial charge in [-0.3, -0.25) is 14.4 Å². The van der Waals surface area contributed by atoms with E-state index in [4.69, 9.17) is 0 Å². The molecule has 0 aliphatic rings. The molecule has 25 heavy (non-hydrogen) atoms. The summed E-state index contributed by atoms with van der Waals surface area (Å²) in [5.74, 6) is -0.279. The Bertz CT molecular complexity index is 637. The summed E-state index contributed by atoms with van der Waals surface area (Å²) < 4.78 is 4.58. The zero-order valence-electron chi connectivity index (χ0n) is 15.5. The molecule has 0 bridgehead atoms. The molecular formula is C17H27N3O4S. The molecule has 0 spiro atoms. The molecule has 2 atom stereocenters. The van der Waals surface area contributed by atoms with E-state index in [0.29, 0.717) is 10.9 Å². The highest BCUT2D eigenvalue weighted by Gasteiger charge is 2.23. The smallest absolute Gasteiger partial charge is 0.311 e. The number of ether oxygens (including phenoxy) is 1. The number of carbonyl (C=O) groups is 2. The number of rotatable bonds is 9. The molecule has 0 saturated heterocycles. The second-order valence-electron chi connectivity index (χ2n) is 5.90. The fraction of sp³-hybridized carbons (Fsp3) is 0.647. The average molecular weight is 369 g/mol. The molecule has 0 aliphatic heterocycles. The third kappa shape index (κ3) is 6.53. The topological polar surface area (TPSA) is 92.4 Å². The van der Waals surface area contributed by atoms with Gasteiger partial charge >= 0.3 is 5.97 Å². The molecule has 1 aromatic heterocycles. The van der Waals surface area contributed by atoms with Gasteiger partial charge in [0.15, 0.2) is 5.16 Å².